The van der Waals surface area contributed by atoms with Crippen LogP contribution in [0.2, 0.25) is 0 Å². The first-order valence-electron chi connectivity index (χ1n) is 12.7. The average Bonchev–Trinajstić information content (AvgIpc) is 3.43. The summed E-state index contributed by atoms with van der Waals surface area (Å²) in [5, 5.41) is 24.7. The number of fused-ring (bicyclic) bond motifs is 2. The van der Waals surface area contributed by atoms with E-state index in [4.69, 9.17) is 20.1 Å². The maximum atomic E-state index is 9.59. The Morgan fingerprint density at radius 3 is 2.64 bits per heavy atom. The number of rotatable bonds is 7. The van der Waals surface area contributed by atoms with Crippen molar-refractivity contribution >= 4 is 23.2 Å². The van der Waals surface area contributed by atoms with Gasteiger partial charge in [0, 0.05) is 86.3 Å². The molecule has 0 saturated carbocycles. The second kappa shape index (κ2) is 10.2. The van der Waals surface area contributed by atoms with Gasteiger partial charge in [-0.25, -0.2) is 9.97 Å². The molecule has 2 atom stereocenters. The van der Waals surface area contributed by atoms with Gasteiger partial charge in [-0.05, 0) is 18.1 Å². The maximum absolute atomic E-state index is 9.59. The summed E-state index contributed by atoms with van der Waals surface area (Å²) < 4.78 is 6.91. The highest BCUT2D eigenvalue weighted by Gasteiger charge is 2.44. The fraction of sp³-hybridized carbons (Fsp3) is 0.286. The van der Waals surface area contributed by atoms with E-state index in [-0.39, 0.29) is 5.57 Å². The van der Waals surface area contributed by atoms with Crippen molar-refractivity contribution in [2.24, 2.45) is 7.05 Å². The molecule has 0 spiro atoms. The molecule has 0 amide bonds. The number of hydrogen-bond acceptors (Lipinski definition) is 10. The summed E-state index contributed by atoms with van der Waals surface area (Å²) >= 11 is 0. The van der Waals surface area contributed by atoms with E-state index in [0.717, 1.165) is 42.8 Å². The molecule has 3 aromatic heterocycles. The smallest absolute Gasteiger partial charge is 0.212 e. The predicted octanol–water partition coefficient (Wildman–Crippen LogP) is 2.53. The van der Waals surface area contributed by atoms with E-state index in [1.807, 2.05) is 37.8 Å². The molecule has 0 aliphatic carbocycles. The molecule has 0 radical (unpaired) electrons. The third-order valence-electron chi connectivity index (χ3n) is 7.47. The second-order valence-electron chi connectivity index (χ2n) is 9.84. The molecule has 7 rings (SSSR count). The van der Waals surface area contributed by atoms with Gasteiger partial charge >= 0.3 is 0 Å². The third-order valence-corrected chi connectivity index (χ3v) is 7.47. The number of nitrogens with one attached hydrogen (secondary N) is 2. The summed E-state index contributed by atoms with van der Waals surface area (Å²) in [6, 6.07) is 7.00. The van der Waals surface area contributed by atoms with Crippen LogP contribution in [0.1, 0.15) is 23.2 Å². The number of aromatic nitrogens is 5. The van der Waals surface area contributed by atoms with Gasteiger partial charge in [0.15, 0.2) is 0 Å². The number of dihydropyridines is 1. The summed E-state index contributed by atoms with van der Waals surface area (Å²) in [4.78, 5) is 18.7. The largest absolute Gasteiger partial charge is 0.481 e. The molecule has 11 nitrogen and oxygen atoms in total. The first-order valence-corrected chi connectivity index (χ1v) is 12.7. The Bertz CT molecular complexity index is 1520. The monoisotopic (exact) mass is 520 g/mol. The minimum absolute atomic E-state index is 0.219. The third kappa shape index (κ3) is 4.66. The van der Waals surface area contributed by atoms with Gasteiger partial charge in [0.2, 0.25) is 5.88 Å². The lowest BCUT2D eigenvalue weighted by atomic mass is 9.87. The number of methoxy groups -OCH3 is 1. The Balaban J connectivity index is 1.19. The summed E-state index contributed by atoms with van der Waals surface area (Å²) in [7, 11) is 3.49. The highest BCUT2D eigenvalue weighted by Crippen LogP contribution is 2.36. The van der Waals surface area contributed by atoms with Gasteiger partial charge in [0.1, 0.15) is 11.9 Å². The van der Waals surface area contributed by atoms with Gasteiger partial charge in [-0.1, -0.05) is 6.07 Å². The fourth-order valence-corrected chi connectivity index (χ4v) is 5.41. The molecule has 0 aromatic carbocycles. The molecular formula is C28H28N10O. The van der Waals surface area contributed by atoms with Crippen LogP contribution in [0.15, 0.2) is 66.7 Å². The fourth-order valence-electron chi connectivity index (χ4n) is 5.41. The highest BCUT2D eigenvalue weighted by atomic mass is 16.5. The minimum atomic E-state index is 0.219. The van der Waals surface area contributed by atoms with Gasteiger partial charge in [0.25, 0.3) is 0 Å². The number of nitrogens with zero attached hydrogens (tertiary/aromatic N) is 8. The van der Waals surface area contributed by atoms with Crippen molar-refractivity contribution in [2.75, 3.05) is 25.1 Å². The van der Waals surface area contributed by atoms with Crippen molar-refractivity contribution < 1.29 is 4.74 Å². The van der Waals surface area contributed by atoms with Crippen molar-refractivity contribution in [3.8, 4) is 11.9 Å². The molecule has 3 aromatic rings. The van der Waals surface area contributed by atoms with Crippen LogP contribution >= 0.6 is 0 Å². The number of hydrogen-bond donors (Lipinski definition) is 2. The molecule has 4 aliphatic heterocycles. The molecule has 3 fully saturated rings. The number of nitriles is 1. The first kappa shape index (κ1) is 24.5. The lowest BCUT2D eigenvalue weighted by Gasteiger charge is -2.56. The predicted molar refractivity (Wildman–Crippen MR) is 146 cm³/mol. The lowest BCUT2D eigenvalue weighted by molar-refractivity contribution is -0.00879. The van der Waals surface area contributed by atoms with Gasteiger partial charge in [-0.15, -0.1) is 0 Å². The Labute approximate surface area is 226 Å². The molecule has 196 valence electrons. The van der Waals surface area contributed by atoms with Crippen LogP contribution in [0.4, 0.5) is 5.82 Å². The molecule has 4 aliphatic rings. The van der Waals surface area contributed by atoms with E-state index < -0.39 is 0 Å². The molecule has 2 unspecified atom stereocenters. The van der Waals surface area contributed by atoms with E-state index >= 15 is 0 Å². The standard InChI is InChI=1S/C28H28N10O/c1-36-15-21(11-35-36)19-5-24(28(34-10-19)20(7-29)8-30)25-12-32-26(13-31-25)37-16-22-6-23(17-37)38(22)14-18-3-4-27(39-2)33-9-18/h3-5,7,9-13,15,22-23,29,34H,6,14,16-17H2,1-2H3/b28-20+,29-7?. The summed E-state index contributed by atoms with van der Waals surface area (Å²) in [5.41, 5.74) is 5.10. The van der Waals surface area contributed by atoms with Crippen molar-refractivity contribution in [1.82, 2.24) is 34.9 Å². The van der Waals surface area contributed by atoms with Crippen LogP contribution < -0.4 is 15.0 Å². The van der Waals surface area contributed by atoms with Crippen molar-refractivity contribution in [2.45, 2.75) is 25.0 Å². The number of allylic oxidation sites excluding steroid dienone is 4. The van der Waals surface area contributed by atoms with E-state index in [2.05, 4.69) is 37.3 Å². The zero-order valence-electron chi connectivity index (χ0n) is 21.7. The number of aryl methyl sites for hydroxylation is 1. The molecule has 7 heterocycles. The molecule has 11 heteroatoms. The van der Waals surface area contributed by atoms with E-state index in [9.17, 15) is 5.26 Å². The average molecular weight is 521 g/mol. The van der Waals surface area contributed by atoms with Crippen LogP contribution in [-0.4, -0.2) is 68.1 Å². The van der Waals surface area contributed by atoms with Crippen LogP contribution in [0.3, 0.4) is 0 Å². The lowest BCUT2D eigenvalue weighted by Crippen LogP contribution is -2.68. The van der Waals surface area contributed by atoms with Gasteiger partial charge in [-0.3, -0.25) is 14.6 Å². The van der Waals surface area contributed by atoms with Crippen LogP contribution in [-0.2, 0) is 13.6 Å². The Morgan fingerprint density at radius 1 is 1.18 bits per heavy atom. The zero-order valence-corrected chi connectivity index (χ0v) is 21.7. The van der Waals surface area contributed by atoms with Crippen molar-refractivity contribution in [1.29, 1.82) is 10.7 Å². The van der Waals surface area contributed by atoms with E-state index in [1.165, 1.54) is 12.0 Å². The Kier molecular flexibility index (Phi) is 6.38. The minimum Gasteiger partial charge on any atom is -0.481 e. The van der Waals surface area contributed by atoms with Crippen LogP contribution in [0.25, 0.3) is 11.1 Å². The molecule has 2 bridgehead atoms. The van der Waals surface area contributed by atoms with E-state index in [1.54, 1.807) is 30.4 Å². The molecule has 39 heavy (non-hydrogen) atoms. The number of piperazine rings is 1. The van der Waals surface area contributed by atoms with Crippen molar-refractivity contribution in [3.05, 3.63) is 83.5 Å². The highest BCUT2D eigenvalue weighted by molar-refractivity contribution is 5.97. The summed E-state index contributed by atoms with van der Waals surface area (Å²) in [6.45, 7) is 2.66. The molecule has 2 N–H and O–H groups in total. The first-order chi connectivity index (χ1) is 19.1. The number of anilines is 1. The summed E-state index contributed by atoms with van der Waals surface area (Å²) in [6.07, 6.45) is 15.1. The van der Waals surface area contributed by atoms with Crippen LogP contribution in [0.5, 0.6) is 5.88 Å². The van der Waals surface area contributed by atoms with Gasteiger partial charge in [0.05, 0.1) is 42.7 Å². The van der Waals surface area contributed by atoms with Gasteiger partial charge < -0.3 is 20.4 Å². The summed E-state index contributed by atoms with van der Waals surface area (Å²) in [5.74, 6) is 1.47. The van der Waals surface area contributed by atoms with Crippen LogP contribution in [0, 0.1) is 16.7 Å². The number of ether oxygens (including phenoxy) is 1. The van der Waals surface area contributed by atoms with Gasteiger partial charge in [-0.2, -0.15) is 10.4 Å². The molecule has 3 saturated heterocycles. The zero-order chi connectivity index (χ0) is 26.9. The Morgan fingerprint density at radius 2 is 2.03 bits per heavy atom. The normalized spacial score (nSPS) is 21.6. The number of pyridine rings is 1. The maximum Gasteiger partial charge on any atom is 0.212 e. The topological polar surface area (TPSA) is 132 Å². The molecular weight excluding hydrogens is 492 g/mol. The quantitative estimate of drug-likeness (QED) is 0.356. The SMILES string of the molecule is COc1ccc(CN2C3CC2CN(c2cnc(C4=CC(c5cnn(C)c5)=CN/C4=C(/C#N)C=N)cn2)C3)cn1. The van der Waals surface area contributed by atoms with Crippen molar-refractivity contribution in [3.63, 3.8) is 0 Å². The second-order valence-corrected chi connectivity index (χ2v) is 9.84. The van der Waals surface area contributed by atoms with E-state index in [0.29, 0.717) is 34.9 Å². The number of piperidine rings is 1. The Hall–Kier alpha value is -4.82.